The normalized spacial score (nSPS) is 12.8. The average Bonchev–Trinajstić information content (AvgIpc) is 2.18. The molecule has 1 unspecified atom stereocenters. The van der Waals surface area contributed by atoms with Gasteiger partial charge in [0.05, 0.1) is 11.9 Å². The first-order valence-corrected chi connectivity index (χ1v) is 4.61. The van der Waals surface area contributed by atoms with Crippen LogP contribution in [0.5, 0.6) is 0 Å². The van der Waals surface area contributed by atoms with Gasteiger partial charge in [0.2, 0.25) is 0 Å². The highest BCUT2D eigenvalue weighted by Gasteiger charge is 2.04. The fourth-order valence-electron chi connectivity index (χ4n) is 1.01. The molecule has 0 saturated carbocycles. The van der Waals surface area contributed by atoms with Crippen LogP contribution < -0.4 is 5.32 Å². The molecular weight excluding hydrogens is 164 g/mol. The predicted molar refractivity (Wildman–Crippen MR) is 51.4 cm³/mol. The van der Waals surface area contributed by atoms with Crippen molar-refractivity contribution in [1.82, 2.24) is 20.5 Å². The van der Waals surface area contributed by atoms with Crippen LogP contribution in [0.3, 0.4) is 0 Å². The van der Waals surface area contributed by atoms with E-state index in [2.05, 4.69) is 34.3 Å². The summed E-state index contributed by atoms with van der Waals surface area (Å²) >= 11 is 0. The molecule has 0 aromatic carbocycles. The van der Waals surface area contributed by atoms with Crippen LogP contribution in [0.25, 0.3) is 0 Å². The Balaban J connectivity index is 2.66. The number of hydrogen-bond acceptors (Lipinski definition) is 4. The largest absolute Gasteiger partial charge is 0.317 e. The Morgan fingerprint density at radius 1 is 1.54 bits per heavy atom. The third-order valence-electron chi connectivity index (χ3n) is 2.00. The number of aromatic nitrogens is 3. The minimum Gasteiger partial charge on any atom is -0.317 e. The molecule has 0 aliphatic rings. The van der Waals surface area contributed by atoms with Crippen LogP contribution in [0, 0.1) is 0 Å². The minimum atomic E-state index is 0.397. The number of aryl methyl sites for hydroxylation is 1. The van der Waals surface area contributed by atoms with Crippen LogP contribution in [0.2, 0.25) is 0 Å². The number of hydrogen-bond donors (Lipinski definition) is 1. The standard InChI is InChI=1S/C9H16N4/c1-4-8-6-11-13-9(12-8)5-7(2)10-3/h6-7,10H,4-5H2,1-3H3. The first-order chi connectivity index (χ1) is 6.26. The second-order valence-electron chi connectivity index (χ2n) is 3.11. The molecule has 1 aromatic heterocycles. The molecular formula is C9H16N4. The van der Waals surface area contributed by atoms with E-state index in [1.807, 2.05) is 7.05 Å². The molecule has 0 radical (unpaired) electrons. The van der Waals surface area contributed by atoms with Crippen LogP contribution in [-0.4, -0.2) is 28.3 Å². The SMILES string of the molecule is CCc1cnnc(CC(C)NC)n1. The van der Waals surface area contributed by atoms with Gasteiger partial charge in [0.15, 0.2) is 5.82 Å². The van der Waals surface area contributed by atoms with Gasteiger partial charge in [-0.05, 0) is 20.4 Å². The van der Waals surface area contributed by atoms with E-state index in [9.17, 15) is 0 Å². The van der Waals surface area contributed by atoms with E-state index in [1.165, 1.54) is 0 Å². The zero-order valence-corrected chi connectivity index (χ0v) is 8.41. The Bertz CT molecular complexity index is 262. The summed E-state index contributed by atoms with van der Waals surface area (Å²) < 4.78 is 0. The number of nitrogens with one attached hydrogen (secondary N) is 1. The quantitative estimate of drug-likeness (QED) is 0.736. The van der Waals surface area contributed by atoms with Crippen LogP contribution in [0.4, 0.5) is 0 Å². The van der Waals surface area contributed by atoms with Gasteiger partial charge in [-0.1, -0.05) is 6.92 Å². The molecule has 72 valence electrons. The number of rotatable bonds is 4. The molecule has 0 spiro atoms. The van der Waals surface area contributed by atoms with Crippen molar-refractivity contribution >= 4 is 0 Å². The van der Waals surface area contributed by atoms with Gasteiger partial charge in [0, 0.05) is 12.5 Å². The van der Waals surface area contributed by atoms with Crippen molar-refractivity contribution in [2.24, 2.45) is 0 Å². The van der Waals surface area contributed by atoms with E-state index in [0.29, 0.717) is 6.04 Å². The molecule has 1 aromatic rings. The average molecular weight is 180 g/mol. The predicted octanol–water partition coefficient (Wildman–Crippen LogP) is 0.584. The number of nitrogens with zero attached hydrogens (tertiary/aromatic N) is 3. The Labute approximate surface area is 78.8 Å². The van der Waals surface area contributed by atoms with E-state index in [4.69, 9.17) is 0 Å². The fraction of sp³-hybridized carbons (Fsp3) is 0.667. The molecule has 1 atom stereocenters. The van der Waals surface area contributed by atoms with Gasteiger partial charge >= 0.3 is 0 Å². The first kappa shape index (κ1) is 10.1. The zero-order valence-electron chi connectivity index (χ0n) is 8.41. The molecule has 0 aliphatic heterocycles. The van der Waals surface area contributed by atoms with Gasteiger partial charge in [-0.3, -0.25) is 0 Å². The van der Waals surface area contributed by atoms with Crippen LogP contribution in [-0.2, 0) is 12.8 Å². The molecule has 0 aliphatic carbocycles. The molecule has 0 amide bonds. The summed E-state index contributed by atoms with van der Waals surface area (Å²) in [5.74, 6) is 0.821. The van der Waals surface area contributed by atoms with Crippen LogP contribution >= 0.6 is 0 Å². The lowest BCUT2D eigenvalue weighted by Gasteiger charge is -2.07. The summed E-state index contributed by atoms with van der Waals surface area (Å²) in [6, 6.07) is 0.397. The maximum atomic E-state index is 4.37. The van der Waals surface area contributed by atoms with Crippen molar-refractivity contribution in [2.75, 3.05) is 7.05 Å². The molecule has 1 heterocycles. The third-order valence-corrected chi connectivity index (χ3v) is 2.00. The smallest absolute Gasteiger partial charge is 0.152 e. The summed E-state index contributed by atoms with van der Waals surface area (Å²) in [5, 5.41) is 11.0. The lowest BCUT2D eigenvalue weighted by molar-refractivity contribution is 0.582. The van der Waals surface area contributed by atoms with Gasteiger partial charge < -0.3 is 5.32 Å². The van der Waals surface area contributed by atoms with E-state index in [1.54, 1.807) is 6.20 Å². The Kier molecular flexibility index (Phi) is 3.76. The highest BCUT2D eigenvalue weighted by molar-refractivity contribution is 4.97. The summed E-state index contributed by atoms with van der Waals surface area (Å²) in [7, 11) is 1.93. The van der Waals surface area contributed by atoms with Crippen molar-refractivity contribution in [1.29, 1.82) is 0 Å². The first-order valence-electron chi connectivity index (χ1n) is 4.61. The van der Waals surface area contributed by atoms with E-state index >= 15 is 0 Å². The summed E-state index contributed by atoms with van der Waals surface area (Å²) in [6.07, 6.45) is 3.46. The second-order valence-corrected chi connectivity index (χ2v) is 3.11. The Morgan fingerprint density at radius 2 is 2.31 bits per heavy atom. The highest BCUT2D eigenvalue weighted by Crippen LogP contribution is 1.97. The van der Waals surface area contributed by atoms with E-state index < -0.39 is 0 Å². The van der Waals surface area contributed by atoms with Crippen molar-refractivity contribution in [3.63, 3.8) is 0 Å². The summed E-state index contributed by atoms with van der Waals surface area (Å²) in [5.41, 5.74) is 1.01. The van der Waals surface area contributed by atoms with Crippen LogP contribution in [0.1, 0.15) is 25.4 Å². The molecule has 0 saturated heterocycles. The van der Waals surface area contributed by atoms with Crippen molar-refractivity contribution in [3.05, 3.63) is 17.7 Å². The lowest BCUT2D eigenvalue weighted by Crippen LogP contribution is -2.24. The maximum Gasteiger partial charge on any atom is 0.152 e. The molecule has 1 rings (SSSR count). The monoisotopic (exact) mass is 180 g/mol. The maximum absolute atomic E-state index is 4.37. The molecule has 0 fully saturated rings. The number of likely N-dealkylation sites (N-methyl/N-ethyl adjacent to an activating group) is 1. The molecule has 1 N–H and O–H groups in total. The van der Waals surface area contributed by atoms with Gasteiger partial charge in [0.1, 0.15) is 0 Å². The van der Waals surface area contributed by atoms with Crippen molar-refractivity contribution in [3.8, 4) is 0 Å². The highest BCUT2D eigenvalue weighted by atomic mass is 15.1. The van der Waals surface area contributed by atoms with Gasteiger partial charge in [0.25, 0.3) is 0 Å². The minimum absolute atomic E-state index is 0.397. The topological polar surface area (TPSA) is 50.7 Å². The summed E-state index contributed by atoms with van der Waals surface area (Å²) in [4.78, 5) is 4.37. The van der Waals surface area contributed by atoms with Gasteiger partial charge in [-0.2, -0.15) is 5.10 Å². The summed E-state index contributed by atoms with van der Waals surface area (Å²) in [6.45, 7) is 4.16. The Morgan fingerprint density at radius 3 is 2.92 bits per heavy atom. The second kappa shape index (κ2) is 4.87. The molecule has 13 heavy (non-hydrogen) atoms. The van der Waals surface area contributed by atoms with E-state index in [0.717, 1.165) is 24.4 Å². The third kappa shape index (κ3) is 3.06. The van der Waals surface area contributed by atoms with Gasteiger partial charge in [-0.15, -0.1) is 5.10 Å². The van der Waals surface area contributed by atoms with E-state index in [-0.39, 0.29) is 0 Å². The molecule has 4 nitrogen and oxygen atoms in total. The van der Waals surface area contributed by atoms with Crippen molar-refractivity contribution in [2.45, 2.75) is 32.7 Å². The lowest BCUT2D eigenvalue weighted by atomic mass is 10.2. The van der Waals surface area contributed by atoms with Crippen LogP contribution in [0.15, 0.2) is 6.20 Å². The molecule has 0 bridgehead atoms. The van der Waals surface area contributed by atoms with Gasteiger partial charge in [-0.25, -0.2) is 4.98 Å². The Hall–Kier alpha value is -1.03. The zero-order chi connectivity index (χ0) is 9.68. The molecule has 4 heteroatoms. The van der Waals surface area contributed by atoms with Crippen molar-refractivity contribution < 1.29 is 0 Å². The fourth-order valence-corrected chi connectivity index (χ4v) is 1.01.